The molecule has 0 fully saturated rings. The monoisotopic (exact) mass is 391 g/mol. The summed E-state index contributed by atoms with van der Waals surface area (Å²) in [6.45, 7) is 2.02. The van der Waals surface area contributed by atoms with Gasteiger partial charge in [0.05, 0.1) is 18.9 Å². The number of carbonyl (C=O) groups is 1. The van der Waals surface area contributed by atoms with E-state index in [-0.39, 0.29) is 35.2 Å². The highest BCUT2D eigenvalue weighted by molar-refractivity contribution is 7.92. The normalized spacial score (nSPS) is 13.2. The zero-order valence-electron chi connectivity index (χ0n) is 14.4. The molecule has 0 aromatic heterocycles. The molecule has 9 nitrogen and oxygen atoms in total. The maximum absolute atomic E-state index is 12.8. The zero-order valence-corrected chi connectivity index (χ0v) is 15.2. The average molecular weight is 391 g/mol. The van der Waals surface area contributed by atoms with Crippen molar-refractivity contribution in [3.63, 3.8) is 0 Å². The van der Waals surface area contributed by atoms with Crippen molar-refractivity contribution in [1.82, 2.24) is 0 Å². The number of nitrogens with one attached hydrogen (secondary N) is 2. The molecule has 0 saturated heterocycles. The Morgan fingerprint density at radius 3 is 2.85 bits per heavy atom. The predicted molar refractivity (Wildman–Crippen MR) is 101 cm³/mol. The fourth-order valence-corrected chi connectivity index (χ4v) is 3.84. The van der Waals surface area contributed by atoms with Crippen molar-refractivity contribution in [2.24, 2.45) is 0 Å². The molecule has 0 saturated carbocycles. The summed E-state index contributed by atoms with van der Waals surface area (Å²) in [4.78, 5) is 11.5. The van der Waals surface area contributed by atoms with Gasteiger partial charge in [0, 0.05) is 11.4 Å². The molecule has 0 unspecified atom stereocenters. The Morgan fingerprint density at radius 1 is 1.33 bits per heavy atom. The maximum Gasteiger partial charge on any atom is 0.491 e. The quantitative estimate of drug-likeness (QED) is 0.438. The molecule has 142 valence electrons. The highest BCUT2D eigenvalue weighted by atomic mass is 32.2. The molecule has 0 bridgehead atoms. The Morgan fingerprint density at radius 2 is 2.11 bits per heavy atom. The summed E-state index contributed by atoms with van der Waals surface area (Å²) >= 11 is 0. The molecule has 5 N–H and O–H groups in total. The average Bonchev–Trinajstić information content (AvgIpc) is 2.95. The Hall–Kier alpha value is -2.76. The van der Waals surface area contributed by atoms with Crippen molar-refractivity contribution in [3.05, 3.63) is 42.0 Å². The first-order chi connectivity index (χ1) is 12.8. The fraction of sp³-hybridized carbons (Fsp3) is 0.188. The van der Waals surface area contributed by atoms with Crippen LogP contribution in [0.5, 0.6) is 0 Å². The smallest absolute Gasteiger partial charge is 0.450 e. The summed E-state index contributed by atoms with van der Waals surface area (Å²) in [6.07, 6.45) is -0.794. The van der Waals surface area contributed by atoms with Crippen LogP contribution in [0.4, 0.5) is 21.9 Å². The number of nitrogens with two attached hydrogens (primary N) is 1. The van der Waals surface area contributed by atoms with Crippen molar-refractivity contribution in [2.45, 2.75) is 18.4 Å². The molecule has 3 rings (SSSR count). The molecule has 27 heavy (non-hydrogen) atoms. The molecule has 1 aliphatic rings. The number of benzene rings is 2. The number of anilines is 3. The molecule has 2 aromatic carbocycles. The van der Waals surface area contributed by atoms with E-state index < -0.39 is 23.2 Å². The summed E-state index contributed by atoms with van der Waals surface area (Å²) < 4.78 is 37.9. The van der Waals surface area contributed by atoms with Crippen LogP contribution in [-0.2, 0) is 26.0 Å². The third-order valence-electron chi connectivity index (χ3n) is 3.87. The van der Waals surface area contributed by atoms with Gasteiger partial charge < -0.3 is 20.1 Å². The molecular formula is C16H18BN3O6S. The second-order valence-electron chi connectivity index (χ2n) is 5.78. The summed E-state index contributed by atoms with van der Waals surface area (Å²) in [5, 5.41) is 12.1. The maximum atomic E-state index is 12.8. The highest BCUT2D eigenvalue weighted by Crippen LogP contribution is 2.26. The first kappa shape index (κ1) is 19.0. The van der Waals surface area contributed by atoms with Crippen LogP contribution in [0.15, 0.2) is 41.3 Å². The van der Waals surface area contributed by atoms with Crippen LogP contribution in [-0.4, -0.2) is 33.3 Å². The number of hydrogen-bond acceptors (Lipinski definition) is 7. The molecule has 11 heteroatoms. The summed E-state index contributed by atoms with van der Waals surface area (Å²) in [6, 6.07) is 8.75. The number of carbonyl (C=O) groups excluding carboxylic acids is 1. The first-order valence-corrected chi connectivity index (χ1v) is 9.57. The lowest BCUT2D eigenvalue weighted by molar-refractivity contribution is 0.168. The molecule has 0 atom stereocenters. The largest absolute Gasteiger partial charge is 0.491 e. The van der Waals surface area contributed by atoms with E-state index >= 15 is 0 Å². The molecule has 0 spiro atoms. The standard InChI is InChI=1S/C16H18BN3O6S/c1-2-25-16(21)19-14-7-11(18)4-6-15(14)27(23,24)20-12-5-3-10-9-26-17(22)13(10)8-12/h3-8,20,22H,2,9,18H2,1H3,(H,19,21). The van der Waals surface area contributed by atoms with E-state index in [2.05, 4.69) is 10.0 Å². The van der Waals surface area contributed by atoms with Gasteiger partial charge in [-0.1, -0.05) is 6.07 Å². The van der Waals surface area contributed by atoms with Crippen molar-refractivity contribution in [2.75, 3.05) is 22.4 Å². The van der Waals surface area contributed by atoms with E-state index in [0.717, 1.165) is 5.56 Å². The number of hydrogen-bond donors (Lipinski definition) is 4. The molecule has 2 aromatic rings. The van der Waals surface area contributed by atoms with E-state index in [1.807, 2.05) is 0 Å². The lowest BCUT2D eigenvalue weighted by atomic mass is 9.79. The van der Waals surface area contributed by atoms with Gasteiger partial charge in [0.15, 0.2) is 0 Å². The van der Waals surface area contributed by atoms with Crippen molar-refractivity contribution in [1.29, 1.82) is 0 Å². The van der Waals surface area contributed by atoms with Crippen LogP contribution in [0.25, 0.3) is 0 Å². The Kier molecular flexibility index (Phi) is 5.26. The van der Waals surface area contributed by atoms with E-state index in [4.69, 9.17) is 15.1 Å². The lowest BCUT2D eigenvalue weighted by Gasteiger charge is -2.14. The van der Waals surface area contributed by atoms with Crippen LogP contribution in [0.3, 0.4) is 0 Å². The van der Waals surface area contributed by atoms with Crippen LogP contribution in [0.1, 0.15) is 12.5 Å². The molecule has 0 radical (unpaired) electrons. The number of ether oxygens (including phenoxy) is 1. The number of fused-ring (bicyclic) bond motifs is 1. The lowest BCUT2D eigenvalue weighted by Crippen LogP contribution is -2.28. The number of amides is 1. The summed E-state index contributed by atoms with van der Waals surface area (Å²) in [5.41, 5.74) is 7.49. The fourth-order valence-electron chi connectivity index (χ4n) is 2.65. The minimum atomic E-state index is -4.05. The number of sulfonamides is 1. The molecule has 1 amide bonds. The minimum absolute atomic E-state index is 0.00882. The van der Waals surface area contributed by atoms with Crippen molar-refractivity contribution >= 4 is 45.8 Å². The second kappa shape index (κ2) is 7.47. The van der Waals surface area contributed by atoms with Crippen LogP contribution < -0.4 is 21.2 Å². The number of rotatable bonds is 5. The highest BCUT2D eigenvalue weighted by Gasteiger charge is 2.28. The molecule has 0 aliphatic carbocycles. The van der Waals surface area contributed by atoms with E-state index in [1.54, 1.807) is 19.1 Å². The summed E-state index contributed by atoms with van der Waals surface area (Å²) in [5.74, 6) is 0. The van der Waals surface area contributed by atoms with Gasteiger partial charge in [0.1, 0.15) is 4.90 Å². The van der Waals surface area contributed by atoms with Crippen LogP contribution >= 0.6 is 0 Å². The third kappa shape index (κ3) is 4.16. The van der Waals surface area contributed by atoms with Gasteiger partial charge in [-0.3, -0.25) is 10.0 Å². The van der Waals surface area contributed by atoms with Crippen LogP contribution in [0, 0.1) is 0 Å². The Labute approximate surface area is 156 Å². The SMILES string of the molecule is CCOC(=O)Nc1cc(N)ccc1S(=O)(=O)Nc1ccc2c(c1)B(O)OC2. The first-order valence-electron chi connectivity index (χ1n) is 8.09. The van der Waals surface area contributed by atoms with Gasteiger partial charge in [-0.2, -0.15) is 0 Å². The van der Waals surface area contributed by atoms with Gasteiger partial charge in [0.25, 0.3) is 10.0 Å². The van der Waals surface area contributed by atoms with E-state index in [9.17, 15) is 18.2 Å². The Bertz CT molecular complexity index is 982. The molecular weight excluding hydrogens is 373 g/mol. The van der Waals surface area contributed by atoms with Crippen LogP contribution in [0.2, 0.25) is 0 Å². The van der Waals surface area contributed by atoms with Crippen molar-refractivity contribution < 1.29 is 27.6 Å². The zero-order chi connectivity index (χ0) is 19.6. The van der Waals surface area contributed by atoms with Gasteiger partial charge >= 0.3 is 13.2 Å². The topological polar surface area (TPSA) is 140 Å². The van der Waals surface area contributed by atoms with Crippen molar-refractivity contribution in [3.8, 4) is 0 Å². The number of nitrogen functional groups attached to an aromatic ring is 1. The molecule has 1 aliphatic heterocycles. The second-order valence-corrected chi connectivity index (χ2v) is 7.43. The molecule has 1 heterocycles. The Balaban J connectivity index is 1.91. The summed E-state index contributed by atoms with van der Waals surface area (Å²) in [7, 11) is -5.15. The third-order valence-corrected chi connectivity index (χ3v) is 5.31. The van der Waals surface area contributed by atoms with Gasteiger partial charge in [0.2, 0.25) is 0 Å². The van der Waals surface area contributed by atoms with Gasteiger partial charge in [-0.15, -0.1) is 0 Å². The van der Waals surface area contributed by atoms with E-state index in [0.29, 0.717) is 5.46 Å². The van der Waals surface area contributed by atoms with Gasteiger partial charge in [-0.25, -0.2) is 13.2 Å². The predicted octanol–water partition coefficient (Wildman–Crippen LogP) is 0.856. The van der Waals surface area contributed by atoms with Gasteiger partial charge in [-0.05, 0) is 48.3 Å². The van der Waals surface area contributed by atoms with E-state index in [1.165, 1.54) is 24.3 Å². The minimum Gasteiger partial charge on any atom is -0.450 e.